The second kappa shape index (κ2) is 7.49. The average Bonchev–Trinajstić information content (AvgIpc) is 2.85. The molecule has 7 heteroatoms. The van der Waals surface area contributed by atoms with E-state index in [4.69, 9.17) is 4.74 Å². The number of nitrogens with one attached hydrogen (secondary N) is 2. The number of nitrogens with zero attached hydrogens (tertiary/aromatic N) is 1. The van der Waals surface area contributed by atoms with Gasteiger partial charge in [-0.3, -0.25) is 4.99 Å². The van der Waals surface area contributed by atoms with E-state index in [1.807, 2.05) is 24.3 Å². The molecule has 2 N–H and O–H groups in total. The van der Waals surface area contributed by atoms with Gasteiger partial charge in [-0.2, -0.15) is 0 Å². The van der Waals surface area contributed by atoms with E-state index in [1.165, 1.54) is 5.56 Å². The topological polar surface area (TPSA) is 79.8 Å². The molecule has 122 valence electrons. The van der Waals surface area contributed by atoms with Crippen LogP contribution in [0, 0.1) is 0 Å². The van der Waals surface area contributed by atoms with Crippen molar-refractivity contribution in [1.82, 2.24) is 10.6 Å². The van der Waals surface area contributed by atoms with Crippen LogP contribution < -0.4 is 15.4 Å². The van der Waals surface area contributed by atoms with Crippen LogP contribution in [0.2, 0.25) is 0 Å². The maximum atomic E-state index is 11.5. The monoisotopic (exact) mass is 325 g/mol. The van der Waals surface area contributed by atoms with Crippen LogP contribution in [0.25, 0.3) is 0 Å². The van der Waals surface area contributed by atoms with Gasteiger partial charge >= 0.3 is 0 Å². The molecule has 1 aliphatic heterocycles. The van der Waals surface area contributed by atoms with Crippen molar-refractivity contribution in [3.05, 3.63) is 29.8 Å². The lowest BCUT2D eigenvalue weighted by atomic mass is 10.1. The second-order valence-corrected chi connectivity index (χ2v) is 7.57. The number of rotatable bonds is 5. The SMILES string of the molecule is CN=C(NCCc1cccc(OC)c1)NC1CCS(=O)(=O)C1. The molecular weight excluding hydrogens is 302 g/mol. The molecule has 0 aromatic heterocycles. The fourth-order valence-corrected chi connectivity index (χ4v) is 4.12. The highest BCUT2D eigenvalue weighted by atomic mass is 32.2. The van der Waals surface area contributed by atoms with E-state index >= 15 is 0 Å². The van der Waals surface area contributed by atoms with Crippen molar-refractivity contribution < 1.29 is 13.2 Å². The summed E-state index contributed by atoms with van der Waals surface area (Å²) in [5, 5.41) is 6.38. The molecule has 6 nitrogen and oxygen atoms in total. The van der Waals surface area contributed by atoms with Crippen LogP contribution in [0.15, 0.2) is 29.3 Å². The van der Waals surface area contributed by atoms with Gasteiger partial charge in [-0.25, -0.2) is 8.42 Å². The average molecular weight is 325 g/mol. The van der Waals surface area contributed by atoms with Gasteiger partial charge in [0.2, 0.25) is 0 Å². The molecule has 0 saturated carbocycles. The number of guanidine groups is 1. The molecule has 1 heterocycles. The predicted octanol–water partition coefficient (Wildman–Crippen LogP) is 0.590. The van der Waals surface area contributed by atoms with E-state index in [-0.39, 0.29) is 17.5 Å². The van der Waals surface area contributed by atoms with Gasteiger partial charge in [0.15, 0.2) is 15.8 Å². The van der Waals surface area contributed by atoms with Gasteiger partial charge in [-0.1, -0.05) is 12.1 Å². The third-order valence-corrected chi connectivity index (χ3v) is 5.41. The fraction of sp³-hybridized carbons (Fsp3) is 0.533. The van der Waals surface area contributed by atoms with Gasteiger partial charge in [-0.05, 0) is 30.5 Å². The van der Waals surface area contributed by atoms with Crippen molar-refractivity contribution in [2.45, 2.75) is 18.9 Å². The quantitative estimate of drug-likeness (QED) is 0.612. The predicted molar refractivity (Wildman–Crippen MR) is 88.3 cm³/mol. The molecule has 1 aliphatic rings. The molecule has 0 aliphatic carbocycles. The summed E-state index contributed by atoms with van der Waals surface area (Å²) in [6, 6.07) is 7.88. The molecule has 1 saturated heterocycles. The maximum Gasteiger partial charge on any atom is 0.191 e. The summed E-state index contributed by atoms with van der Waals surface area (Å²) in [7, 11) is 0.457. The van der Waals surface area contributed by atoms with Gasteiger partial charge in [0.1, 0.15) is 5.75 Å². The minimum Gasteiger partial charge on any atom is -0.497 e. The number of sulfone groups is 1. The van der Waals surface area contributed by atoms with Crippen molar-refractivity contribution in [2.75, 3.05) is 32.2 Å². The lowest BCUT2D eigenvalue weighted by molar-refractivity contribution is 0.414. The molecule has 1 unspecified atom stereocenters. The zero-order valence-electron chi connectivity index (χ0n) is 13.0. The number of aliphatic imine (C=N–C) groups is 1. The summed E-state index contributed by atoms with van der Waals surface area (Å²) in [4.78, 5) is 4.14. The standard InChI is InChI=1S/C15H23N3O3S/c1-16-15(18-13-7-9-22(19,20)11-13)17-8-6-12-4-3-5-14(10-12)21-2/h3-5,10,13H,6-9,11H2,1-2H3,(H2,16,17,18). The summed E-state index contributed by atoms with van der Waals surface area (Å²) in [5.74, 6) is 1.93. The van der Waals surface area contributed by atoms with Crippen molar-refractivity contribution in [1.29, 1.82) is 0 Å². The smallest absolute Gasteiger partial charge is 0.191 e. The first-order valence-corrected chi connectivity index (χ1v) is 9.15. The molecule has 2 rings (SSSR count). The first-order chi connectivity index (χ1) is 10.5. The third kappa shape index (κ3) is 4.91. The molecule has 0 spiro atoms. The molecule has 22 heavy (non-hydrogen) atoms. The van der Waals surface area contributed by atoms with E-state index < -0.39 is 9.84 Å². The third-order valence-electron chi connectivity index (χ3n) is 3.64. The van der Waals surface area contributed by atoms with Crippen LogP contribution in [0.4, 0.5) is 0 Å². The van der Waals surface area contributed by atoms with Crippen LogP contribution in [0.1, 0.15) is 12.0 Å². The van der Waals surface area contributed by atoms with Crippen LogP contribution >= 0.6 is 0 Å². The fourth-order valence-electron chi connectivity index (χ4n) is 2.45. The summed E-state index contributed by atoms with van der Waals surface area (Å²) in [6.45, 7) is 0.715. The summed E-state index contributed by atoms with van der Waals surface area (Å²) < 4.78 is 28.1. The number of hydrogen-bond acceptors (Lipinski definition) is 4. The molecule has 0 bridgehead atoms. The molecule has 1 aromatic carbocycles. The van der Waals surface area contributed by atoms with Gasteiger partial charge < -0.3 is 15.4 Å². The Hall–Kier alpha value is -1.76. The first-order valence-electron chi connectivity index (χ1n) is 7.33. The van der Waals surface area contributed by atoms with E-state index in [9.17, 15) is 8.42 Å². The Labute approximate surface area is 131 Å². The van der Waals surface area contributed by atoms with Gasteiger partial charge in [0.25, 0.3) is 0 Å². The lowest BCUT2D eigenvalue weighted by Crippen LogP contribution is -2.44. The van der Waals surface area contributed by atoms with Gasteiger partial charge in [0.05, 0.1) is 18.6 Å². The maximum absolute atomic E-state index is 11.5. The van der Waals surface area contributed by atoms with Crippen molar-refractivity contribution >= 4 is 15.8 Å². The summed E-state index contributed by atoms with van der Waals surface area (Å²) in [6.07, 6.45) is 1.47. The molecule has 1 atom stereocenters. The van der Waals surface area contributed by atoms with Crippen LogP contribution in [-0.2, 0) is 16.3 Å². The molecular formula is C15H23N3O3S. The number of hydrogen-bond donors (Lipinski definition) is 2. The molecule has 1 aromatic rings. The number of benzene rings is 1. The highest BCUT2D eigenvalue weighted by Gasteiger charge is 2.28. The van der Waals surface area contributed by atoms with Gasteiger partial charge in [0, 0.05) is 19.6 Å². The van der Waals surface area contributed by atoms with Gasteiger partial charge in [-0.15, -0.1) is 0 Å². The first kappa shape index (κ1) is 16.6. The Balaban J connectivity index is 1.79. The van der Waals surface area contributed by atoms with E-state index in [2.05, 4.69) is 15.6 Å². The summed E-state index contributed by atoms with van der Waals surface area (Å²) in [5.41, 5.74) is 1.17. The number of ether oxygens (including phenoxy) is 1. The van der Waals surface area contributed by atoms with E-state index in [1.54, 1.807) is 14.2 Å². The zero-order chi connectivity index (χ0) is 16.0. The zero-order valence-corrected chi connectivity index (χ0v) is 13.8. The Morgan fingerprint density at radius 2 is 2.27 bits per heavy atom. The Morgan fingerprint density at radius 3 is 2.91 bits per heavy atom. The van der Waals surface area contributed by atoms with Crippen LogP contribution in [0.5, 0.6) is 5.75 Å². The highest BCUT2D eigenvalue weighted by molar-refractivity contribution is 7.91. The Bertz CT molecular complexity index is 629. The normalized spacial score (nSPS) is 20.6. The van der Waals surface area contributed by atoms with Crippen molar-refractivity contribution in [3.63, 3.8) is 0 Å². The minimum absolute atomic E-state index is 0.0481. The van der Waals surface area contributed by atoms with E-state index in [0.29, 0.717) is 18.9 Å². The molecule has 0 amide bonds. The summed E-state index contributed by atoms with van der Waals surface area (Å²) >= 11 is 0. The highest BCUT2D eigenvalue weighted by Crippen LogP contribution is 2.13. The largest absolute Gasteiger partial charge is 0.497 e. The minimum atomic E-state index is -2.88. The Morgan fingerprint density at radius 1 is 1.45 bits per heavy atom. The van der Waals surface area contributed by atoms with E-state index in [0.717, 1.165) is 12.2 Å². The van der Waals surface area contributed by atoms with Crippen molar-refractivity contribution in [2.24, 2.45) is 4.99 Å². The van der Waals surface area contributed by atoms with Crippen LogP contribution in [0.3, 0.4) is 0 Å². The molecule has 1 fully saturated rings. The van der Waals surface area contributed by atoms with Crippen molar-refractivity contribution in [3.8, 4) is 5.75 Å². The second-order valence-electron chi connectivity index (χ2n) is 5.34. The lowest BCUT2D eigenvalue weighted by Gasteiger charge is -2.16. The number of methoxy groups -OCH3 is 1. The Kier molecular flexibility index (Phi) is 5.65. The molecule has 0 radical (unpaired) electrons. The van der Waals surface area contributed by atoms with Crippen LogP contribution in [-0.4, -0.2) is 52.6 Å².